The normalized spacial score (nSPS) is 13.7. The minimum absolute atomic E-state index is 0.0762. The Hall–Kier alpha value is -4.02. The van der Waals surface area contributed by atoms with Crippen molar-refractivity contribution in [3.63, 3.8) is 0 Å². The summed E-state index contributed by atoms with van der Waals surface area (Å²) in [5.41, 5.74) is 6.17. The average Bonchev–Trinajstić information content (AvgIpc) is 2.90. The summed E-state index contributed by atoms with van der Waals surface area (Å²) < 4.78 is 25.1. The standard InChI is InChI=1S/C26H27N3O6S/c27-24(31)21(16-17-36(34,35)20-14-8-3-9-15-20)28-26(33)23(30)22(18-10-4-1-5-11-18)29-25(32)19-12-6-2-7-13-19/h1-15,21-23,30H,16-17H2,(H2,27,31)(H,28,33)(H,29,32)/t21-,22-,23+/m0/s1. The fraction of sp³-hybridized carbons (Fsp3) is 0.192. The highest BCUT2D eigenvalue weighted by Gasteiger charge is 2.32. The van der Waals surface area contributed by atoms with Crippen LogP contribution in [0.3, 0.4) is 0 Å². The second kappa shape index (κ2) is 12.1. The summed E-state index contributed by atoms with van der Waals surface area (Å²) >= 11 is 0. The monoisotopic (exact) mass is 509 g/mol. The first kappa shape index (κ1) is 26.6. The van der Waals surface area contributed by atoms with Gasteiger partial charge in [0.1, 0.15) is 6.04 Å². The molecule has 0 saturated carbocycles. The van der Waals surface area contributed by atoms with Gasteiger partial charge in [-0.3, -0.25) is 14.4 Å². The molecule has 0 spiro atoms. The Morgan fingerprint density at radius 3 is 1.89 bits per heavy atom. The van der Waals surface area contributed by atoms with Crippen molar-refractivity contribution in [2.45, 2.75) is 29.5 Å². The van der Waals surface area contributed by atoms with Crippen LogP contribution in [0.1, 0.15) is 28.4 Å². The number of hydrogen-bond donors (Lipinski definition) is 4. The molecular formula is C26H27N3O6S. The fourth-order valence-electron chi connectivity index (χ4n) is 3.53. The molecule has 3 amide bonds. The van der Waals surface area contributed by atoms with Crippen LogP contribution in [0.4, 0.5) is 0 Å². The van der Waals surface area contributed by atoms with Gasteiger partial charge in [0.05, 0.1) is 16.7 Å². The van der Waals surface area contributed by atoms with Crippen LogP contribution in [0.2, 0.25) is 0 Å². The van der Waals surface area contributed by atoms with Gasteiger partial charge in [-0.15, -0.1) is 0 Å². The molecule has 0 radical (unpaired) electrons. The topological polar surface area (TPSA) is 156 Å². The van der Waals surface area contributed by atoms with Gasteiger partial charge in [0.2, 0.25) is 5.91 Å². The highest BCUT2D eigenvalue weighted by Crippen LogP contribution is 2.19. The van der Waals surface area contributed by atoms with E-state index < -0.39 is 51.5 Å². The lowest BCUT2D eigenvalue weighted by Crippen LogP contribution is -2.52. The third kappa shape index (κ3) is 7.00. The van der Waals surface area contributed by atoms with E-state index in [1.54, 1.807) is 78.9 Å². The Morgan fingerprint density at radius 1 is 0.806 bits per heavy atom. The van der Waals surface area contributed by atoms with Crippen LogP contribution in [0.5, 0.6) is 0 Å². The summed E-state index contributed by atoms with van der Waals surface area (Å²) in [6.45, 7) is 0. The molecule has 3 atom stereocenters. The first-order valence-corrected chi connectivity index (χ1v) is 12.8. The van der Waals surface area contributed by atoms with E-state index in [1.807, 2.05) is 0 Å². The van der Waals surface area contributed by atoms with E-state index in [4.69, 9.17) is 5.73 Å². The Kier molecular flexibility index (Phi) is 8.93. The summed E-state index contributed by atoms with van der Waals surface area (Å²) in [4.78, 5) is 37.7. The zero-order valence-electron chi connectivity index (χ0n) is 19.3. The molecule has 188 valence electrons. The molecule has 10 heteroatoms. The highest BCUT2D eigenvalue weighted by molar-refractivity contribution is 7.91. The molecule has 0 fully saturated rings. The van der Waals surface area contributed by atoms with Crippen molar-refractivity contribution in [3.8, 4) is 0 Å². The first-order chi connectivity index (χ1) is 17.2. The van der Waals surface area contributed by atoms with E-state index >= 15 is 0 Å². The van der Waals surface area contributed by atoms with Crippen molar-refractivity contribution in [1.82, 2.24) is 10.6 Å². The molecule has 9 nitrogen and oxygen atoms in total. The minimum Gasteiger partial charge on any atom is -0.381 e. The van der Waals surface area contributed by atoms with Crippen molar-refractivity contribution in [2.24, 2.45) is 5.73 Å². The van der Waals surface area contributed by atoms with Gasteiger partial charge < -0.3 is 21.5 Å². The number of amides is 3. The second-order valence-corrected chi connectivity index (χ2v) is 10.2. The van der Waals surface area contributed by atoms with Crippen LogP contribution in [-0.2, 0) is 19.4 Å². The van der Waals surface area contributed by atoms with Crippen molar-refractivity contribution in [3.05, 3.63) is 102 Å². The van der Waals surface area contributed by atoms with Gasteiger partial charge in [0, 0.05) is 5.56 Å². The first-order valence-electron chi connectivity index (χ1n) is 11.2. The van der Waals surface area contributed by atoms with E-state index in [9.17, 15) is 27.9 Å². The molecule has 0 aliphatic carbocycles. The Bertz CT molecular complexity index is 1290. The van der Waals surface area contributed by atoms with Gasteiger partial charge in [-0.2, -0.15) is 0 Å². The molecular weight excluding hydrogens is 482 g/mol. The minimum atomic E-state index is -3.73. The van der Waals surface area contributed by atoms with E-state index in [-0.39, 0.29) is 11.3 Å². The lowest BCUT2D eigenvalue weighted by molar-refractivity contribution is -0.134. The number of aliphatic hydroxyl groups excluding tert-OH is 1. The van der Waals surface area contributed by atoms with Crippen molar-refractivity contribution < 1.29 is 27.9 Å². The molecule has 0 heterocycles. The predicted octanol–water partition coefficient (Wildman–Crippen LogP) is 1.35. The van der Waals surface area contributed by atoms with Crippen LogP contribution >= 0.6 is 0 Å². The van der Waals surface area contributed by atoms with Gasteiger partial charge in [-0.1, -0.05) is 66.7 Å². The number of primary amides is 1. The zero-order chi connectivity index (χ0) is 26.1. The van der Waals surface area contributed by atoms with Crippen LogP contribution in [0.15, 0.2) is 95.9 Å². The van der Waals surface area contributed by atoms with Crippen LogP contribution < -0.4 is 16.4 Å². The van der Waals surface area contributed by atoms with E-state index in [2.05, 4.69) is 10.6 Å². The molecule has 5 N–H and O–H groups in total. The van der Waals surface area contributed by atoms with Gasteiger partial charge in [0.15, 0.2) is 15.9 Å². The Balaban J connectivity index is 1.74. The molecule has 0 aliphatic heterocycles. The van der Waals surface area contributed by atoms with Crippen molar-refractivity contribution >= 4 is 27.6 Å². The SMILES string of the molecule is NC(=O)[C@H](CCS(=O)(=O)c1ccccc1)NC(=O)[C@H](O)[C@@H](NC(=O)c1ccccc1)c1ccccc1. The second-order valence-electron chi connectivity index (χ2n) is 8.06. The van der Waals surface area contributed by atoms with Gasteiger partial charge in [-0.05, 0) is 36.2 Å². The van der Waals surface area contributed by atoms with Crippen LogP contribution in [0, 0.1) is 0 Å². The van der Waals surface area contributed by atoms with Gasteiger partial charge >= 0.3 is 0 Å². The number of hydrogen-bond acceptors (Lipinski definition) is 6. The van der Waals surface area contributed by atoms with E-state index in [0.29, 0.717) is 11.1 Å². The fourth-order valence-corrected chi connectivity index (χ4v) is 4.89. The van der Waals surface area contributed by atoms with Crippen LogP contribution in [-0.4, -0.2) is 49.1 Å². The molecule has 0 unspecified atom stereocenters. The van der Waals surface area contributed by atoms with E-state index in [1.165, 1.54) is 12.1 Å². The van der Waals surface area contributed by atoms with Crippen molar-refractivity contribution in [1.29, 1.82) is 0 Å². The predicted molar refractivity (Wildman–Crippen MR) is 133 cm³/mol. The number of rotatable bonds is 11. The quantitative estimate of drug-likeness (QED) is 0.306. The molecule has 3 aromatic rings. The number of nitrogens with two attached hydrogens (primary N) is 1. The Labute approximate surface area is 209 Å². The number of aliphatic hydroxyl groups is 1. The van der Waals surface area contributed by atoms with Gasteiger partial charge in [-0.25, -0.2) is 8.42 Å². The van der Waals surface area contributed by atoms with Crippen molar-refractivity contribution in [2.75, 3.05) is 5.75 Å². The molecule has 3 aromatic carbocycles. The highest BCUT2D eigenvalue weighted by atomic mass is 32.2. The number of carbonyl (C=O) groups is 3. The number of nitrogens with one attached hydrogen (secondary N) is 2. The maximum absolute atomic E-state index is 12.9. The molecule has 0 bridgehead atoms. The Morgan fingerprint density at radius 2 is 1.33 bits per heavy atom. The lowest BCUT2D eigenvalue weighted by Gasteiger charge is -2.25. The smallest absolute Gasteiger partial charge is 0.252 e. The molecule has 0 saturated heterocycles. The molecule has 3 rings (SSSR count). The third-order valence-electron chi connectivity index (χ3n) is 5.50. The number of carbonyl (C=O) groups excluding carboxylic acids is 3. The average molecular weight is 510 g/mol. The molecule has 0 aliphatic rings. The summed E-state index contributed by atoms with van der Waals surface area (Å²) in [7, 11) is -3.73. The largest absolute Gasteiger partial charge is 0.381 e. The van der Waals surface area contributed by atoms with E-state index in [0.717, 1.165) is 0 Å². The third-order valence-corrected chi connectivity index (χ3v) is 7.27. The molecule has 36 heavy (non-hydrogen) atoms. The maximum atomic E-state index is 12.9. The lowest BCUT2D eigenvalue weighted by atomic mass is 9.99. The number of benzene rings is 3. The summed E-state index contributed by atoms with van der Waals surface area (Å²) in [6.07, 6.45) is -2.09. The van der Waals surface area contributed by atoms with Gasteiger partial charge in [0.25, 0.3) is 11.8 Å². The molecule has 0 aromatic heterocycles. The number of sulfone groups is 1. The summed E-state index contributed by atoms with van der Waals surface area (Å²) in [6, 6.07) is 21.8. The maximum Gasteiger partial charge on any atom is 0.252 e. The van der Waals surface area contributed by atoms with Crippen LogP contribution in [0.25, 0.3) is 0 Å². The summed E-state index contributed by atoms with van der Waals surface area (Å²) in [5.74, 6) is -2.91. The zero-order valence-corrected chi connectivity index (χ0v) is 20.1. The summed E-state index contributed by atoms with van der Waals surface area (Å²) in [5, 5.41) is 15.8.